The molecule has 1 rings (SSSR count). The smallest absolute Gasteiger partial charge is 0.108 e. The summed E-state index contributed by atoms with van der Waals surface area (Å²) in [6.07, 6.45) is 4.53. The summed E-state index contributed by atoms with van der Waals surface area (Å²) in [6.45, 7) is 1.17. The maximum atomic E-state index is 4.16. The normalized spacial score (nSPS) is 23.8. The van der Waals surface area contributed by atoms with Crippen molar-refractivity contribution in [3.05, 3.63) is 0 Å². The first kappa shape index (κ1) is 6.93. The summed E-state index contributed by atoms with van der Waals surface area (Å²) in [7, 11) is 1.86. The molecule has 1 aliphatic rings. The van der Waals surface area contributed by atoms with E-state index in [-0.39, 0.29) is 0 Å². The lowest BCUT2D eigenvalue weighted by atomic mass is 10.4. The number of rotatable bonds is 1. The van der Waals surface area contributed by atoms with E-state index in [4.69, 9.17) is 0 Å². The molecule has 3 heteroatoms. The number of nitrogens with zero attached hydrogens (tertiary/aromatic N) is 2. The molecular formula is C6H12N2S. The summed E-state index contributed by atoms with van der Waals surface area (Å²) in [6, 6.07) is 0. The molecule has 0 bridgehead atoms. The number of aliphatic imine (C=N–C) groups is 1. The second-order valence-corrected chi connectivity index (χ2v) is 2.83. The van der Waals surface area contributed by atoms with Crippen molar-refractivity contribution in [2.45, 2.75) is 12.8 Å². The van der Waals surface area contributed by atoms with Gasteiger partial charge in [-0.25, -0.2) is 0 Å². The van der Waals surface area contributed by atoms with Gasteiger partial charge in [-0.05, 0) is 6.42 Å². The van der Waals surface area contributed by atoms with Crippen molar-refractivity contribution in [2.75, 3.05) is 19.8 Å². The molecule has 52 valence electrons. The molecule has 0 amide bonds. The van der Waals surface area contributed by atoms with Crippen molar-refractivity contribution in [3.63, 3.8) is 0 Å². The minimum Gasteiger partial charge on any atom is -0.305 e. The molecule has 0 aromatic rings. The number of amidine groups is 1. The zero-order valence-electron chi connectivity index (χ0n) is 5.92. The van der Waals surface area contributed by atoms with E-state index in [2.05, 4.69) is 15.6 Å². The molecule has 0 atom stereocenters. The van der Waals surface area contributed by atoms with Crippen molar-refractivity contribution in [3.8, 4) is 0 Å². The van der Waals surface area contributed by atoms with Gasteiger partial charge < -0.3 is 4.31 Å². The Morgan fingerprint density at radius 3 is 2.89 bits per heavy atom. The van der Waals surface area contributed by atoms with Crippen molar-refractivity contribution in [2.24, 2.45) is 4.99 Å². The third-order valence-electron chi connectivity index (χ3n) is 1.53. The molecule has 0 saturated carbocycles. The second-order valence-electron chi connectivity index (χ2n) is 2.03. The van der Waals surface area contributed by atoms with Crippen molar-refractivity contribution < 1.29 is 0 Å². The first-order chi connectivity index (χ1) is 4.38. The average Bonchev–Trinajstić information content (AvgIpc) is 2.33. The van der Waals surface area contributed by atoms with Crippen LogP contribution in [0.5, 0.6) is 0 Å². The molecule has 0 N–H and O–H groups in total. The number of hydrogen-bond donors (Lipinski definition) is 0. The summed E-state index contributed by atoms with van der Waals surface area (Å²) in [4.78, 5) is 4.16. The highest BCUT2D eigenvalue weighted by atomic mass is 32.2. The minimum absolute atomic E-state index is 1.16. The van der Waals surface area contributed by atoms with Gasteiger partial charge in [0.15, 0.2) is 0 Å². The van der Waals surface area contributed by atoms with Crippen LogP contribution in [0.2, 0.25) is 0 Å². The van der Waals surface area contributed by atoms with Crippen LogP contribution in [-0.2, 0) is 0 Å². The van der Waals surface area contributed by atoms with Crippen LogP contribution in [0, 0.1) is 0 Å². The van der Waals surface area contributed by atoms with Crippen LogP contribution < -0.4 is 0 Å². The molecule has 0 aromatic carbocycles. The predicted molar refractivity (Wildman–Crippen MR) is 42.8 cm³/mol. The molecule has 2 nitrogen and oxygen atoms in total. The van der Waals surface area contributed by atoms with Gasteiger partial charge in [-0.2, -0.15) is 0 Å². The topological polar surface area (TPSA) is 15.6 Å². The van der Waals surface area contributed by atoms with Crippen molar-refractivity contribution in [1.29, 1.82) is 0 Å². The molecule has 1 heterocycles. The quantitative estimate of drug-likeness (QED) is 0.517. The lowest BCUT2D eigenvalue weighted by molar-refractivity contribution is 0.723. The standard InChI is InChI=1S/C6H12N2S/c1-7-6-4-3-5-8(6)9-2/h3-5H2,1-2H3. The fourth-order valence-electron chi connectivity index (χ4n) is 1.05. The molecule has 0 spiro atoms. The molecule has 1 saturated heterocycles. The Hall–Kier alpha value is -0.180. The zero-order chi connectivity index (χ0) is 6.69. The molecule has 9 heavy (non-hydrogen) atoms. The third kappa shape index (κ3) is 1.39. The summed E-state index contributed by atoms with van der Waals surface area (Å²) in [5.74, 6) is 1.25. The van der Waals surface area contributed by atoms with Gasteiger partial charge in [-0.1, -0.05) is 11.9 Å². The van der Waals surface area contributed by atoms with Gasteiger partial charge in [-0.15, -0.1) is 0 Å². The highest BCUT2D eigenvalue weighted by Gasteiger charge is 2.15. The monoisotopic (exact) mass is 144 g/mol. The van der Waals surface area contributed by atoms with Gasteiger partial charge in [-0.3, -0.25) is 4.99 Å². The van der Waals surface area contributed by atoms with E-state index < -0.39 is 0 Å². The lowest BCUT2D eigenvalue weighted by Gasteiger charge is -2.12. The van der Waals surface area contributed by atoms with Gasteiger partial charge >= 0.3 is 0 Å². The SMILES string of the molecule is CN=C1CCCN1SC. The molecular weight excluding hydrogens is 132 g/mol. The third-order valence-corrected chi connectivity index (χ3v) is 2.36. The van der Waals surface area contributed by atoms with Crippen LogP contribution in [0.4, 0.5) is 0 Å². The van der Waals surface area contributed by atoms with E-state index in [1.807, 2.05) is 7.05 Å². The molecule has 0 radical (unpaired) electrons. The average molecular weight is 144 g/mol. The van der Waals surface area contributed by atoms with Gasteiger partial charge in [0.25, 0.3) is 0 Å². The van der Waals surface area contributed by atoms with E-state index >= 15 is 0 Å². The highest BCUT2D eigenvalue weighted by molar-refractivity contribution is 7.96. The second kappa shape index (κ2) is 3.11. The molecule has 0 unspecified atom stereocenters. The van der Waals surface area contributed by atoms with Crippen LogP contribution >= 0.6 is 11.9 Å². The molecule has 0 aromatic heterocycles. The van der Waals surface area contributed by atoms with Crippen LogP contribution in [0.3, 0.4) is 0 Å². The Balaban J connectivity index is 2.52. The highest BCUT2D eigenvalue weighted by Crippen LogP contribution is 2.17. The lowest BCUT2D eigenvalue weighted by Crippen LogP contribution is -2.15. The van der Waals surface area contributed by atoms with Gasteiger partial charge in [0.05, 0.1) is 0 Å². The van der Waals surface area contributed by atoms with E-state index in [9.17, 15) is 0 Å². The van der Waals surface area contributed by atoms with E-state index in [0.717, 1.165) is 6.42 Å². The first-order valence-corrected chi connectivity index (χ1v) is 4.34. The van der Waals surface area contributed by atoms with Crippen LogP contribution in [0.15, 0.2) is 4.99 Å². The Morgan fingerprint density at radius 2 is 2.44 bits per heavy atom. The summed E-state index contributed by atoms with van der Waals surface area (Å²) in [5.41, 5.74) is 0. The Kier molecular flexibility index (Phi) is 2.39. The molecule has 0 aliphatic carbocycles. The van der Waals surface area contributed by atoms with E-state index in [1.54, 1.807) is 11.9 Å². The maximum Gasteiger partial charge on any atom is 0.108 e. The summed E-state index contributed by atoms with van der Waals surface area (Å²) in [5, 5.41) is 0. The van der Waals surface area contributed by atoms with Crippen LogP contribution in [0.25, 0.3) is 0 Å². The minimum atomic E-state index is 1.16. The summed E-state index contributed by atoms with van der Waals surface area (Å²) >= 11 is 1.77. The van der Waals surface area contributed by atoms with Crippen molar-refractivity contribution >= 4 is 17.8 Å². The number of hydrogen-bond acceptors (Lipinski definition) is 2. The van der Waals surface area contributed by atoms with Gasteiger partial charge in [0, 0.05) is 26.3 Å². The fourth-order valence-corrected chi connectivity index (χ4v) is 1.75. The Morgan fingerprint density at radius 1 is 1.67 bits per heavy atom. The Bertz CT molecular complexity index is 122. The predicted octanol–water partition coefficient (Wildman–Crippen LogP) is 1.39. The zero-order valence-corrected chi connectivity index (χ0v) is 6.74. The fraction of sp³-hybridized carbons (Fsp3) is 0.833. The van der Waals surface area contributed by atoms with Gasteiger partial charge in [0.1, 0.15) is 5.84 Å². The van der Waals surface area contributed by atoms with E-state index in [1.165, 1.54) is 18.8 Å². The van der Waals surface area contributed by atoms with E-state index in [0.29, 0.717) is 0 Å². The van der Waals surface area contributed by atoms with Crippen LogP contribution in [-0.4, -0.2) is 30.0 Å². The maximum absolute atomic E-state index is 4.16. The summed E-state index contributed by atoms with van der Waals surface area (Å²) < 4.78 is 2.25. The largest absolute Gasteiger partial charge is 0.305 e. The van der Waals surface area contributed by atoms with Crippen molar-refractivity contribution in [1.82, 2.24) is 4.31 Å². The molecule has 1 fully saturated rings. The van der Waals surface area contributed by atoms with Gasteiger partial charge in [0.2, 0.25) is 0 Å². The first-order valence-electron chi connectivity index (χ1n) is 3.16. The Labute approximate surface area is 60.5 Å². The van der Waals surface area contributed by atoms with Crippen LogP contribution in [0.1, 0.15) is 12.8 Å². The molecule has 1 aliphatic heterocycles.